The first-order valence-electron chi connectivity index (χ1n) is 11.2. The molecule has 1 saturated carbocycles. The molecule has 2 amide bonds. The van der Waals surface area contributed by atoms with Gasteiger partial charge in [0.15, 0.2) is 0 Å². The molecule has 2 N–H and O–H groups in total. The first kappa shape index (κ1) is 19.6. The fourth-order valence-electron chi connectivity index (χ4n) is 6.65. The van der Waals surface area contributed by atoms with Gasteiger partial charge in [0, 0.05) is 25.3 Å². The third kappa shape index (κ3) is 3.13. The van der Waals surface area contributed by atoms with E-state index in [0.717, 1.165) is 43.4 Å². The van der Waals surface area contributed by atoms with Gasteiger partial charge in [0.1, 0.15) is 6.61 Å². The maximum atomic E-state index is 13.4. The molecule has 0 unspecified atom stereocenters. The van der Waals surface area contributed by atoms with E-state index in [1.165, 1.54) is 5.57 Å². The molecule has 160 valence electrons. The molecule has 2 bridgehead atoms. The maximum absolute atomic E-state index is 13.4. The van der Waals surface area contributed by atoms with Crippen LogP contribution in [0.3, 0.4) is 0 Å². The van der Waals surface area contributed by atoms with Crippen LogP contribution in [0.4, 0.5) is 4.79 Å². The Labute approximate surface area is 177 Å². The predicted molar refractivity (Wildman–Crippen MR) is 111 cm³/mol. The number of piperidine rings is 1. The molecule has 4 aliphatic rings. The molecular weight excluding hydrogens is 380 g/mol. The van der Waals surface area contributed by atoms with Crippen molar-refractivity contribution in [2.45, 2.75) is 57.1 Å². The van der Waals surface area contributed by atoms with Crippen LogP contribution in [0, 0.1) is 17.8 Å². The summed E-state index contributed by atoms with van der Waals surface area (Å²) in [7, 11) is 0. The van der Waals surface area contributed by atoms with Gasteiger partial charge in [-0.25, -0.2) is 4.79 Å². The molecule has 0 spiro atoms. The van der Waals surface area contributed by atoms with E-state index in [4.69, 9.17) is 4.74 Å². The number of likely N-dealkylation sites (tertiary alicyclic amines) is 1. The average molecular weight is 411 g/mol. The molecule has 5 rings (SSSR count). The highest BCUT2D eigenvalue weighted by Gasteiger charge is 2.60. The van der Waals surface area contributed by atoms with E-state index < -0.39 is 5.54 Å². The Bertz CT molecular complexity index is 867. The largest absolute Gasteiger partial charge is 0.445 e. The Morgan fingerprint density at radius 1 is 1.27 bits per heavy atom. The molecular formula is C24H30N2O4. The third-order valence-corrected chi connectivity index (χ3v) is 7.73. The van der Waals surface area contributed by atoms with E-state index in [9.17, 15) is 14.7 Å². The molecule has 0 radical (unpaired) electrons. The normalized spacial score (nSPS) is 32.8. The molecule has 2 heterocycles. The van der Waals surface area contributed by atoms with E-state index in [1.54, 1.807) is 0 Å². The summed E-state index contributed by atoms with van der Waals surface area (Å²) in [5.74, 6) is 1.03. The van der Waals surface area contributed by atoms with E-state index in [2.05, 4.69) is 5.32 Å². The molecule has 6 nitrogen and oxygen atoms in total. The number of ether oxygens (including phenoxy) is 1. The van der Waals surface area contributed by atoms with Crippen LogP contribution in [0.1, 0.15) is 50.5 Å². The van der Waals surface area contributed by atoms with Gasteiger partial charge in [0.05, 0.1) is 5.54 Å². The van der Waals surface area contributed by atoms with E-state index in [1.807, 2.05) is 35.2 Å². The number of carbonyl (C=O) groups excluding carboxylic acids is 2. The van der Waals surface area contributed by atoms with Crippen molar-refractivity contribution in [3.8, 4) is 0 Å². The van der Waals surface area contributed by atoms with Crippen LogP contribution in [0.5, 0.6) is 0 Å². The van der Waals surface area contributed by atoms with Crippen molar-refractivity contribution < 1.29 is 19.4 Å². The number of nitrogens with zero attached hydrogens (tertiary/aromatic N) is 1. The number of aliphatic hydroxyl groups excluding tert-OH is 1. The Kier molecular flexibility index (Phi) is 5.05. The highest BCUT2D eigenvalue weighted by Crippen LogP contribution is 2.59. The first-order valence-corrected chi connectivity index (χ1v) is 11.2. The van der Waals surface area contributed by atoms with Crippen molar-refractivity contribution in [3.05, 3.63) is 47.2 Å². The molecule has 2 fully saturated rings. The Morgan fingerprint density at radius 3 is 2.90 bits per heavy atom. The van der Waals surface area contributed by atoms with Gasteiger partial charge >= 0.3 is 6.09 Å². The lowest BCUT2D eigenvalue weighted by molar-refractivity contribution is -0.122. The number of carbonyl (C=O) groups is 2. The SMILES string of the molecule is O=C1CCC2=C(C[C@@H]3C[C@@H](CO)C[C@@]24[C@@H]3CCCN4C(=O)OCc2ccccc2)N1. The highest BCUT2D eigenvalue weighted by molar-refractivity contribution is 5.80. The van der Waals surface area contributed by atoms with E-state index >= 15 is 0 Å². The third-order valence-electron chi connectivity index (χ3n) is 7.73. The minimum atomic E-state index is -0.427. The summed E-state index contributed by atoms with van der Waals surface area (Å²) in [5.41, 5.74) is 2.80. The second-order valence-electron chi connectivity index (χ2n) is 9.32. The molecule has 0 aromatic heterocycles. The number of aliphatic hydroxyl groups is 1. The number of nitrogens with one attached hydrogen (secondary N) is 1. The molecule has 30 heavy (non-hydrogen) atoms. The summed E-state index contributed by atoms with van der Waals surface area (Å²) in [6, 6.07) is 9.75. The minimum Gasteiger partial charge on any atom is -0.445 e. The van der Waals surface area contributed by atoms with Crippen LogP contribution in [0.25, 0.3) is 0 Å². The fraction of sp³-hybridized carbons (Fsp3) is 0.583. The monoisotopic (exact) mass is 410 g/mol. The number of hydrogen-bond acceptors (Lipinski definition) is 4. The van der Waals surface area contributed by atoms with Gasteiger partial charge in [0.2, 0.25) is 5.91 Å². The zero-order chi connectivity index (χ0) is 20.7. The molecule has 1 aromatic rings. The summed E-state index contributed by atoms with van der Waals surface area (Å²) in [4.78, 5) is 27.4. The molecule has 6 heteroatoms. The lowest BCUT2D eigenvalue weighted by atomic mass is 9.52. The van der Waals surface area contributed by atoms with Crippen LogP contribution >= 0.6 is 0 Å². The Morgan fingerprint density at radius 2 is 2.10 bits per heavy atom. The zero-order valence-electron chi connectivity index (χ0n) is 17.3. The first-order chi connectivity index (χ1) is 14.6. The van der Waals surface area contributed by atoms with Crippen LogP contribution in [0.15, 0.2) is 41.6 Å². The number of rotatable bonds is 3. The molecule has 1 saturated heterocycles. The van der Waals surface area contributed by atoms with E-state index in [0.29, 0.717) is 31.2 Å². The second kappa shape index (κ2) is 7.73. The van der Waals surface area contributed by atoms with Gasteiger partial charge in [-0.05, 0) is 67.4 Å². The summed E-state index contributed by atoms with van der Waals surface area (Å²) in [5, 5.41) is 13.2. The van der Waals surface area contributed by atoms with Crippen LogP contribution in [-0.2, 0) is 16.1 Å². The van der Waals surface area contributed by atoms with Gasteiger partial charge in [-0.15, -0.1) is 0 Å². The number of amides is 2. The van der Waals surface area contributed by atoms with Gasteiger partial charge in [-0.3, -0.25) is 9.69 Å². The molecule has 1 aromatic carbocycles. The average Bonchev–Trinajstić information content (AvgIpc) is 2.77. The molecule has 2 aliphatic heterocycles. The lowest BCUT2D eigenvalue weighted by Gasteiger charge is -2.62. The predicted octanol–water partition coefficient (Wildman–Crippen LogP) is 3.36. The lowest BCUT2D eigenvalue weighted by Crippen LogP contribution is -2.67. The standard InChI is InChI=1S/C24H30N2O4/c27-14-17-11-18-12-21-20(8-9-22(28)25-21)24(13-17)19(18)7-4-10-26(24)23(29)30-15-16-5-2-1-3-6-16/h1-3,5-6,17-19,27H,4,7-15H2,(H,25,28)/t17-,18+,19-,24-/m1/s1. The van der Waals surface area contributed by atoms with Crippen molar-refractivity contribution in [1.82, 2.24) is 10.2 Å². The van der Waals surface area contributed by atoms with Crippen LogP contribution in [0.2, 0.25) is 0 Å². The van der Waals surface area contributed by atoms with Crippen LogP contribution < -0.4 is 5.32 Å². The second-order valence-corrected chi connectivity index (χ2v) is 9.32. The summed E-state index contributed by atoms with van der Waals surface area (Å²) >= 11 is 0. The van der Waals surface area contributed by atoms with Crippen molar-refractivity contribution in [2.75, 3.05) is 13.2 Å². The van der Waals surface area contributed by atoms with Gasteiger partial charge in [-0.1, -0.05) is 30.3 Å². The number of benzene rings is 1. The van der Waals surface area contributed by atoms with Crippen LogP contribution in [-0.4, -0.2) is 40.7 Å². The van der Waals surface area contributed by atoms with Crippen molar-refractivity contribution >= 4 is 12.0 Å². The number of hydrogen-bond donors (Lipinski definition) is 2. The zero-order valence-corrected chi connectivity index (χ0v) is 17.3. The van der Waals surface area contributed by atoms with E-state index in [-0.39, 0.29) is 31.1 Å². The quantitative estimate of drug-likeness (QED) is 0.801. The van der Waals surface area contributed by atoms with Gasteiger partial charge in [0.25, 0.3) is 0 Å². The fourth-order valence-corrected chi connectivity index (χ4v) is 6.65. The van der Waals surface area contributed by atoms with Crippen molar-refractivity contribution in [2.24, 2.45) is 17.8 Å². The Balaban J connectivity index is 1.50. The summed E-state index contributed by atoms with van der Waals surface area (Å²) in [6.45, 7) is 1.07. The molecule has 2 aliphatic carbocycles. The summed E-state index contributed by atoms with van der Waals surface area (Å²) < 4.78 is 5.79. The number of allylic oxidation sites excluding steroid dienone is 1. The molecule has 4 atom stereocenters. The topological polar surface area (TPSA) is 78.9 Å². The minimum absolute atomic E-state index is 0.0781. The van der Waals surface area contributed by atoms with Crippen molar-refractivity contribution in [3.63, 3.8) is 0 Å². The maximum Gasteiger partial charge on any atom is 0.410 e. The van der Waals surface area contributed by atoms with Gasteiger partial charge < -0.3 is 15.2 Å². The Hall–Kier alpha value is -2.34. The van der Waals surface area contributed by atoms with Gasteiger partial charge in [-0.2, -0.15) is 0 Å². The smallest absolute Gasteiger partial charge is 0.410 e. The van der Waals surface area contributed by atoms with Crippen molar-refractivity contribution in [1.29, 1.82) is 0 Å². The highest BCUT2D eigenvalue weighted by atomic mass is 16.6. The summed E-state index contributed by atoms with van der Waals surface area (Å²) in [6.07, 6.45) is 5.54.